The van der Waals surface area contributed by atoms with Gasteiger partial charge >= 0.3 is 5.97 Å². The summed E-state index contributed by atoms with van der Waals surface area (Å²) in [6.45, 7) is 2.03. The van der Waals surface area contributed by atoms with E-state index in [2.05, 4.69) is 20.6 Å². The van der Waals surface area contributed by atoms with E-state index in [-0.39, 0.29) is 17.9 Å². The maximum atomic E-state index is 13.7. The van der Waals surface area contributed by atoms with Crippen LogP contribution in [-0.2, 0) is 6.54 Å². The van der Waals surface area contributed by atoms with Crippen molar-refractivity contribution in [1.29, 1.82) is 0 Å². The standard InChI is InChI=1S/C19H17FN4O2/c1-12-22-17(21-11-14-5-2-3-8-16(14)20)10-18(23-12)24-15-7-4-6-13(9-15)19(25)26/h2-10H,11H2,1H3,(H,25,26)(H2,21,22,23,24). The molecule has 0 aliphatic rings. The number of halogens is 1. The number of carboxylic acids is 1. The number of rotatable bonds is 6. The predicted molar refractivity (Wildman–Crippen MR) is 97.2 cm³/mol. The van der Waals surface area contributed by atoms with Crippen LogP contribution in [-0.4, -0.2) is 21.0 Å². The molecular formula is C19H17FN4O2. The summed E-state index contributed by atoms with van der Waals surface area (Å²) in [5.41, 5.74) is 1.31. The molecule has 1 heterocycles. The zero-order valence-electron chi connectivity index (χ0n) is 14.0. The van der Waals surface area contributed by atoms with Gasteiger partial charge in [-0.3, -0.25) is 0 Å². The van der Waals surface area contributed by atoms with Gasteiger partial charge < -0.3 is 15.7 Å². The molecule has 0 bridgehead atoms. The molecule has 0 unspecified atom stereocenters. The largest absolute Gasteiger partial charge is 0.478 e. The first-order chi connectivity index (χ1) is 12.5. The number of hydrogen-bond donors (Lipinski definition) is 3. The van der Waals surface area contributed by atoms with Crippen molar-refractivity contribution in [3.8, 4) is 0 Å². The summed E-state index contributed by atoms with van der Waals surface area (Å²) in [5, 5.41) is 15.2. The van der Waals surface area contributed by atoms with Crippen LogP contribution >= 0.6 is 0 Å². The second-order valence-corrected chi connectivity index (χ2v) is 5.64. The van der Waals surface area contributed by atoms with Crippen LogP contribution in [0.2, 0.25) is 0 Å². The van der Waals surface area contributed by atoms with Crippen molar-refractivity contribution in [2.45, 2.75) is 13.5 Å². The Labute approximate surface area is 149 Å². The zero-order valence-corrected chi connectivity index (χ0v) is 14.0. The summed E-state index contributed by atoms with van der Waals surface area (Å²) >= 11 is 0. The quantitative estimate of drug-likeness (QED) is 0.622. The van der Waals surface area contributed by atoms with E-state index < -0.39 is 5.97 Å². The Morgan fingerprint density at radius 1 is 1.08 bits per heavy atom. The van der Waals surface area contributed by atoms with Crippen LogP contribution in [0.25, 0.3) is 0 Å². The zero-order chi connectivity index (χ0) is 18.5. The molecule has 0 aliphatic carbocycles. The third-order valence-corrected chi connectivity index (χ3v) is 3.64. The maximum Gasteiger partial charge on any atom is 0.335 e. The van der Waals surface area contributed by atoms with Gasteiger partial charge in [0.15, 0.2) is 0 Å². The van der Waals surface area contributed by atoms with Crippen molar-refractivity contribution < 1.29 is 14.3 Å². The summed E-state index contributed by atoms with van der Waals surface area (Å²) in [4.78, 5) is 19.6. The topological polar surface area (TPSA) is 87.1 Å². The summed E-state index contributed by atoms with van der Waals surface area (Å²) in [6.07, 6.45) is 0. The van der Waals surface area contributed by atoms with Crippen molar-refractivity contribution in [3.05, 3.63) is 77.4 Å². The van der Waals surface area contributed by atoms with Crippen molar-refractivity contribution in [2.24, 2.45) is 0 Å². The van der Waals surface area contributed by atoms with E-state index in [4.69, 9.17) is 5.11 Å². The third kappa shape index (κ3) is 4.32. The number of nitrogens with one attached hydrogen (secondary N) is 2. The fourth-order valence-electron chi connectivity index (χ4n) is 2.43. The number of carbonyl (C=O) groups is 1. The van der Waals surface area contributed by atoms with Gasteiger partial charge in [0.2, 0.25) is 0 Å². The SMILES string of the molecule is Cc1nc(NCc2ccccc2F)cc(Nc2cccc(C(=O)O)c2)n1. The van der Waals surface area contributed by atoms with E-state index in [1.807, 2.05) is 0 Å². The number of aromatic carboxylic acids is 1. The number of aromatic nitrogens is 2. The van der Waals surface area contributed by atoms with Gasteiger partial charge in [0.25, 0.3) is 0 Å². The van der Waals surface area contributed by atoms with E-state index in [1.165, 1.54) is 18.2 Å². The lowest BCUT2D eigenvalue weighted by Gasteiger charge is -2.11. The van der Waals surface area contributed by atoms with E-state index in [9.17, 15) is 9.18 Å². The summed E-state index contributed by atoms with van der Waals surface area (Å²) in [7, 11) is 0. The Hall–Kier alpha value is -3.48. The normalized spacial score (nSPS) is 10.4. The van der Waals surface area contributed by atoms with Gasteiger partial charge in [0, 0.05) is 23.9 Å². The minimum Gasteiger partial charge on any atom is -0.478 e. The molecule has 3 rings (SSSR count). The molecule has 6 nitrogen and oxygen atoms in total. The lowest BCUT2D eigenvalue weighted by atomic mass is 10.2. The Balaban J connectivity index is 1.76. The van der Waals surface area contributed by atoms with Crippen molar-refractivity contribution in [3.63, 3.8) is 0 Å². The molecule has 0 saturated heterocycles. The first-order valence-corrected chi connectivity index (χ1v) is 7.94. The van der Waals surface area contributed by atoms with Crippen molar-refractivity contribution >= 4 is 23.3 Å². The molecule has 1 aromatic heterocycles. The minimum absolute atomic E-state index is 0.179. The summed E-state index contributed by atoms with van der Waals surface area (Å²) in [6, 6.07) is 14.6. The highest BCUT2D eigenvalue weighted by Crippen LogP contribution is 2.19. The Morgan fingerprint density at radius 3 is 2.62 bits per heavy atom. The number of aryl methyl sites for hydroxylation is 1. The van der Waals surface area contributed by atoms with Gasteiger partial charge in [-0.15, -0.1) is 0 Å². The lowest BCUT2D eigenvalue weighted by molar-refractivity contribution is 0.0697. The van der Waals surface area contributed by atoms with Gasteiger partial charge in [0.1, 0.15) is 23.3 Å². The maximum absolute atomic E-state index is 13.7. The first-order valence-electron chi connectivity index (χ1n) is 7.94. The van der Waals surface area contributed by atoms with Crippen LogP contribution in [0, 0.1) is 12.7 Å². The number of carboxylic acid groups (broad SMARTS) is 1. The molecule has 26 heavy (non-hydrogen) atoms. The molecule has 0 fully saturated rings. The fourth-order valence-corrected chi connectivity index (χ4v) is 2.43. The summed E-state index contributed by atoms with van der Waals surface area (Å²) < 4.78 is 13.7. The Bertz CT molecular complexity index is 946. The van der Waals surface area contributed by atoms with Gasteiger partial charge in [-0.25, -0.2) is 19.2 Å². The van der Waals surface area contributed by atoms with Crippen molar-refractivity contribution in [1.82, 2.24) is 9.97 Å². The van der Waals surface area contributed by atoms with Gasteiger partial charge in [-0.1, -0.05) is 24.3 Å². The molecule has 0 atom stereocenters. The number of benzene rings is 2. The van der Waals surface area contributed by atoms with Crippen LogP contribution in [0.4, 0.5) is 21.7 Å². The lowest BCUT2D eigenvalue weighted by Crippen LogP contribution is -2.06. The molecule has 7 heteroatoms. The van der Waals surface area contributed by atoms with Gasteiger partial charge in [-0.05, 0) is 31.2 Å². The van der Waals surface area contributed by atoms with E-state index in [1.54, 1.807) is 43.3 Å². The fraction of sp³-hybridized carbons (Fsp3) is 0.105. The number of hydrogen-bond acceptors (Lipinski definition) is 5. The number of anilines is 3. The average molecular weight is 352 g/mol. The second-order valence-electron chi connectivity index (χ2n) is 5.64. The van der Waals surface area contributed by atoms with Crippen LogP contribution < -0.4 is 10.6 Å². The smallest absolute Gasteiger partial charge is 0.335 e. The monoisotopic (exact) mass is 352 g/mol. The Morgan fingerprint density at radius 2 is 1.85 bits per heavy atom. The van der Waals surface area contributed by atoms with Crippen molar-refractivity contribution in [2.75, 3.05) is 10.6 Å². The third-order valence-electron chi connectivity index (χ3n) is 3.64. The van der Waals surface area contributed by atoms with E-state index in [0.717, 1.165) is 0 Å². The summed E-state index contributed by atoms with van der Waals surface area (Å²) in [5.74, 6) is 0.295. The molecule has 132 valence electrons. The predicted octanol–water partition coefficient (Wildman–Crippen LogP) is 3.98. The van der Waals surface area contributed by atoms with Crippen LogP contribution in [0.3, 0.4) is 0 Å². The second kappa shape index (κ2) is 7.60. The van der Waals surface area contributed by atoms with E-state index in [0.29, 0.717) is 28.7 Å². The highest BCUT2D eigenvalue weighted by atomic mass is 19.1. The minimum atomic E-state index is -1.00. The highest BCUT2D eigenvalue weighted by Gasteiger charge is 2.07. The molecule has 0 saturated carbocycles. The molecular weight excluding hydrogens is 335 g/mol. The van der Waals surface area contributed by atoms with Gasteiger partial charge in [-0.2, -0.15) is 0 Å². The van der Waals surface area contributed by atoms with Crippen LogP contribution in [0.5, 0.6) is 0 Å². The molecule has 2 aromatic carbocycles. The molecule has 0 spiro atoms. The Kier molecular flexibility index (Phi) is 5.07. The molecule has 3 aromatic rings. The molecule has 3 N–H and O–H groups in total. The number of nitrogens with zero attached hydrogens (tertiary/aromatic N) is 2. The molecule has 0 amide bonds. The molecule has 0 radical (unpaired) electrons. The van der Waals surface area contributed by atoms with Gasteiger partial charge in [0.05, 0.1) is 5.56 Å². The van der Waals surface area contributed by atoms with E-state index >= 15 is 0 Å². The first kappa shape index (κ1) is 17.3. The molecule has 0 aliphatic heterocycles. The highest BCUT2D eigenvalue weighted by molar-refractivity contribution is 5.89. The van der Waals surface area contributed by atoms with Crippen LogP contribution in [0.1, 0.15) is 21.7 Å². The van der Waals surface area contributed by atoms with Crippen LogP contribution in [0.15, 0.2) is 54.6 Å². The average Bonchev–Trinajstić information content (AvgIpc) is 2.61.